The van der Waals surface area contributed by atoms with Crippen molar-refractivity contribution in [1.29, 1.82) is 0 Å². The minimum Gasteiger partial charge on any atom is -0.272 e. The van der Waals surface area contributed by atoms with Crippen LogP contribution < -0.4 is 11.3 Å². The van der Waals surface area contributed by atoms with Crippen molar-refractivity contribution in [2.24, 2.45) is 24.7 Å². The summed E-state index contributed by atoms with van der Waals surface area (Å²) in [6.07, 6.45) is 8.67. The highest BCUT2D eigenvalue weighted by Crippen LogP contribution is 2.33. The maximum Gasteiger partial charge on any atom is 0.0624 e. The predicted octanol–water partition coefficient (Wildman–Crippen LogP) is 2.57. The fraction of sp³-hybridized carbons (Fsp3) is 0.812. The Bertz CT molecular complexity index is 413. The number of nitrogens with zero attached hydrogens (tertiary/aromatic N) is 2. The van der Waals surface area contributed by atoms with Gasteiger partial charge < -0.3 is 0 Å². The van der Waals surface area contributed by atoms with Gasteiger partial charge in [-0.25, -0.2) is 0 Å². The first-order valence-electron chi connectivity index (χ1n) is 8.15. The molecule has 2 rings (SSSR count). The number of nitrogens with two attached hydrogens (primary N) is 1. The molecule has 0 aliphatic heterocycles. The van der Waals surface area contributed by atoms with Crippen molar-refractivity contribution in [2.75, 3.05) is 0 Å². The number of hydrogen-bond acceptors (Lipinski definition) is 3. The van der Waals surface area contributed by atoms with E-state index in [0.29, 0.717) is 12.0 Å². The summed E-state index contributed by atoms with van der Waals surface area (Å²) in [7, 11) is 2.04. The quantitative estimate of drug-likeness (QED) is 0.621. The molecule has 20 heavy (non-hydrogen) atoms. The third kappa shape index (κ3) is 3.61. The Labute approximate surface area is 123 Å². The van der Waals surface area contributed by atoms with Gasteiger partial charge in [-0.05, 0) is 37.2 Å². The Kier molecular flexibility index (Phi) is 5.61. The molecule has 4 nitrogen and oxygen atoms in total. The molecule has 1 aromatic heterocycles. The minimum absolute atomic E-state index is 0.379. The summed E-state index contributed by atoms with van der Waals surface area (Å²) in [4.78, 5) is 0. The summed E-state index contributed by atoms with van der Waals surface area (Å²) in [6, 6.07) is 2.61. The van der Waals surface area contributed by atoms with E-state index in [-0.39, 0.29) is 0 Å². The molecule has 1 saturated carbocycles. The zero-order valence-corrected chi connectivity index (χ0v) is 13.2. The third-order valence-electron chi connectivity index (χ3n) is 5.00. The Morgan fingerprint density at radius 2 is 2.25 bits per heavy atom. The van der Waals surface area contributed by atoms with E-state index in [1.54, 1.807) is 0 Å². The lowest BCUT2D eigenvalue weighted by Crippen LogP contribution is -2.44. The van der Waals surface area contributed by atoms with E-state index in [4.69, 9.17) is 5.84 Å². The van der Waals surface area contributed by atoms with Crippen LogP contribution in [0.25, 0.3) is 0 Å². The van der Waals surface area contributed by atoms with E-state index < -0.39 is 0 Å². The first-order valence-corrected chi connectivity index (χ1v) is 8.15. The molecule has 0 spiro atoms. The summed E-state index contributed by atoms with van der Waals surface area (Å²) in [5, 5.41) is 4.54. The molecule has 114 valence electrons. The third-order valence-corrected chi connectivity index (χ3v) is 5.00. The summed E-state index contributed by atoms with van der Waals surface area (Å²) < 4.78 is 2.02. The maximum atomic E-state index is 5.85. The zero-order valence-electron chi connectivity index (χ0n) is 13.2. The van der Waals surface area contributed by atoms with E-state index in [1.165, 1.54) is 43.5 Å². The first kappa shape index (κ1) is 15.5. The van der Waals surface area contributed by atoms with Crippen LogP contribution in [0.2, 0.25) is 0 Å². The summed E-state index contributed by atoms with van der Waals surface area (Å²) in [5.74, 6) is 7.45. The van der Waals surface area contributed by atoms with Gasteiger partial charge in [0.15, 0.2) is 0 Å². The normalized spacial score (nSPS) is 24.8. The molecule has 1 heterocycles. The van der Waals surface area contributed by atoms with Crippen molar-refractivity contribution in [2.45, 2.75) is 64.8 Å². The van der Waals surface area contributed by atoms with Crippen LogP contribution in [0.1, 0.15) is 57.3 Å². The van der Waals surface area contributed by atoms with Crippen molar-refractivity contribution in [3.63, 3.8) is 0 Å². The van der Waals surface area contributed by atoms with Crippen molar-refractivity contribution in [1.82, 2.24) is 15.2 Å². The molecule has 3 atom stereocenters. The molecule has 3 N–H and O–H groups in total. The number of hydrogen-bond donors (Lipinski definition) is 2. The topological polar surface area (TPSA) is 55.9 Å². The van der Waals surface area contributed by atoms with Crippen molar-refractivity contribution >= 4 is 0 Å². The van der Waals surface area contributed by atoms with Crippen LogP contribution in [0.4, 0.5) is 0 Å². The fourth-order valence-corrected chi connectivity index (χ4v) is 3.59. The van der Waals surface area contributed by atoms with Gasteiger partial charge in [-0.15, -0.1) is 0 Å². The van der Waals surface area contributed by atoms with Crippen LogP contribution >= 0.6 is 0 Å². The highest BCUT2D eigenvalue weighted by molar-refractivity contribution is 5.12. The molecule has 1 fully saturated rings. The number of nitrogens with one attached hydrogen (secondary N) is 1. The molecule has 4 heteroatoms. The van der Waals surface area contributed by atoms with E-state index in [0.717, 1.165) is 18.8 Å². The van der Waals surface area contributed by atoms with Crippen LogP contribution in [-0.2, 0) is 19.9 Å². The van der Waals surface area contributed by atoms with E-state index in [9.17, 15) is 0 Å². The van der Waals surface area contributed by atoms with Crippen LogP contribution in [0.5, 0.6) is 0 Å². The largest absolute Gasteiger partial charge is 0.272 e. The number of aryl methyl sites for hydroxylation is 2. The number of hydrazine groups is 1. The lowest BCUT2D eigenvalue weighted by atomic mass is 9.76. The van der Waals surface area contributed by atoms with Gasteiger partial charge >= 0.3 is 0 Å². The summed E-state index contributed by atoms with van der Waals surface area (Å²) in [5.41, 5.74) is 5.55. The SMILES string of the molecule is CCc1cc(CC(NN)C2CCCC(CC)C2)n(C)n1. The minimum atomic E-state index is 0.379. The average Bonchev–Trinajstić information content (AvgIpc) is 2.85. The van der Waals surface area contributed by atoms with Gasteiger partial charge in [-0.2, -0.15) is 5.10 Å². The Balaban J connectivity index is 2.02. The van der Waals surface area contributed by atoms with Gasteiger partial charge in [0.05, 0.1) is 5.69 Å². The maximum absolute atomic E-state index is 5.85. The number of rotatable bonds is 6. The van der Waals surface area contributed by atoms with Gasteiger partial charge in [-0.3, -0.25) is 16.0 Å². The molecule has 3 unspecified atom stereocenters. The molecule has 0 bridgehead atoms. The van der Waals surface area contributed by atoms with Gasteiger partial charge in [0, 0.05) is 25.2 Å². The lowest BCUT2D eigenvalue weighted by molar-refractivity contribution is 0.206. The molecular formula is C16H30N4. The summed E-state index contributed by atoms with van der Waals surface area (Å²) in [6.45, 7) is 4.46. The number of aromatic nitrogens is 2. The van der Waals surface area contributed by atoms with Crippen LogP contribution in [0.3, 0.4) is 0 Å². The summed E-state index contributed by atoms with van der Waals surface area (Å²) >= 11 is 0. The second-order valence-corrected chi connectivity index (χ2v) is 6.28. The van der Waals surface area contributed by atoms with Gasteiger partial charge in [0.1, 0.15) is 0 Å². The van der Waals surface area contributed by atoms with E-state index in [1.807, 2.05) is 11.7 Å². The Morgan fingerprint density at radius 1 is 1.45 bits per heavy atom. The molecule has 0 saturated heterocycles. The van der Waals surface area contributed by atoms with Crippen LogP contribution in [0, 0.1) is 11.8 Å². The van der Waals surface area contributed by atoms with Gasteiger partial charge in [0.25, 0.3) is 0 Å². The highest BCUT2D eigenvalue weighted by atomic mass is 15.3. The first-order chi connectivity index (χ1) is 9.67. The standard InChI is InChI=1S/C16H30N4/c1-4-12-7-6-8-13(9-12)16(18-17)11-15-10-14(5-2)19-20(15)3/h10,12-13,16,18H,4-9,11,17H2,1-3H3. The van der Waals surface area contributed by atoms with Crippen molar-refractivity contribution in [3.05, 3.63) is 17.5 Å². The predicted molar refractivity (Wildman–Crippen MR) is 83.1 cm³/mol. The Hall–Kier alpha value is -0.870. The molecule has 1 aliphatic carbocycles. The smallest absolute Gasteiger partial charge is 0.0624 e. The molecule has 1 aliphatic rings. The Morgan fingerprint density at radius 3 is 2.85 bits per heavy atom. The second kappa shape index (κ2) is 7.23. The highest BCUT2D eigenvalue weighted by Gasteiger charge is 2.28. The second-order valence-electron chi connectivity index (χ2n) is 6.28. The van der Waals surface area contributed by atoms with Crippen molar-refractivity contribution < 1.29 is 0 Å². The molecule has 0 radical (unpaired) electrons. The van der Waals surface area contributed by atoms with E-state index in [2.05, 4.69) is 30.4 Å². The fourth-order valence-electron chi connectivity index (χ4n) is 3.59. The van der Waals surface area contributed by atoms with Crippen molar-refractivity contribution in [3.8, 4) is 0 Å². The molecular weight excluding hydrogens is 248 g/mol. The molecule has 0 amide bonds. The van der Waals surface area contributed by atoms with Crippen LogP contribution in [-0.4, -0.2) is 15.8 Å². The monoisotopic (exact) mass is 278 g/mol. The zero-order chi connectivity index (χ0) is 14.5. The van der Waals surface area contributed by atoms with Gasteiger partial charge in [-0.1, -0.05) is 33.1 Å². The lowest BCUT2D eigenvalue weighted by Gasteiger charge is -2.34. The molecule has 0 aromatic carbocycles. The average molecular weight is 278 g/mol. The van der Waals surface area contributed by atoms with Gasteiger partial charge in [0.2, 0.25) is 0 Å². The molecule has 1 aromatic rings. The van der Waals surface area contributed by atoms with Crippen LogP contribution in [0.15, 0.2) is 6.07 Å². The van der Waals surface area contributed by atoms with E-state index >= 15 is 0 Å².